The maximum absolute atomic E-state index is 12.1. The molecule has 0 spiro atoms. The number of hydrogen-bond acceptors (Lipinski definition) is 2. The zero-order valence-corrected chi connectivity index (χ0v) is 11.6. The largest absolute Gasteiger partial charge is 0.274 e. The summed E-state index contributed by atoms with van der Waals surface area (Å²) >= 11 is 9.00. The van der Waals surface area contributed by atoms with Crippen molar-refractivity contribution in [1.82, 2.24) is 4.90 Å². The van der Waals surface area contributed by atoms with Crippen molar-refractivity contribution in [2.24, 2.45) is 5.92 Å². The average molecular weight is 317 g/mol. The molecule has 0 saturated carbocycles. The predicted molar refractivity (Wildman–Crippen MR) is 69.4 cm³/mol. The monoisotopic (exact) mass is 315 g/mol. The van der Waals surface area contributed by atoms with Crippen molar-refractivity contribution in [3.8, 4) is 0 Å². The maximum Gasteiger partial charge on any atom is 0.261 e. The van der Waals surface area contributed by atoms with Gasteiger partial charge >= 0.3 is 0 Å². The van der Waals surface area contributed by atoms with E-state index in [4.69, 9.17) is 11.6 Å². The van der Waals surface area contributed by atoms with Crippen LogP contribution >= 0.6 is 27.5 Å². The molecule has 0 radical (unpaired) electrons. The van der Waals surface area contributed by atoms with Crippen LogP contribution in [0.15, 0.2) is 22.7 Å². The number of imide groups is 1. The SMILES string of the molecule is CC(CCl)CN1C(=O)c2ccc(Br)cc2C1=O. The number of alkyl halides is 1. The second-order valence-electron chi connectivity index (χ2n) is 4.17. The van der Waals surface area contributed by atoms with Crippen LogP contribution in [0.3, 0.4) is 0 Å². The summed E-state index contributed by atoms with van der Waals surface area (Å²) < 4.78 is 0.796. The Labute approximate surface area is 113 Å². The van der Waals surface area contributed by atoms with Crippen LogP contribution in [0.4, 0.5) is 0 Å². The second-order valence-corrected chi connectivity index (χ2v) is 5.39. The molecule has 0 bridgehead atoms. The number of hydrogen-bond donors (Lipinski definition) is 0. The number of fused-ring (bicyclic) bond motifs is 1. The van der Waals surface area contributed by atoms with E-state index in [1.807, 2.05) is 6.92 Å². The molecule has 90 valence electrons. The summed E-state index contributed by atoms with van der Waals surface area (Å²) in [6.07, 6.45) is 0. The molecular formula is C12H11BrClNO2. The van der Waals surface area contributed by atoms with Crippen LogP contribution in [0.25, 0.3) is 0 Å². The zero-order chi connectivity index (χ0) is 12.6. The average Bonchev–Trinajstić information content (AvgIpc) is 2.54. The van der Waals surface area contributed by atoms with Crippen LogP contribution in [-0.2, 0) is 0 Å². The first-order valence-corrected chi connectivity index (χ1v) is 6.59. The van der Waals surface area contributed by atoms with Gasteiger partial charge in [0.05, 0.1) is 11.1 Å². The highest BCUT2D eigenvalue weighted by atomic mass is 79.9. The number of rotatable bonds is 3. The number of nitrogens with zero attached hydrogens (tertiary/aromatic N) is 1. The van der Waals surface area contributed by atoms with Gasteiger partial charge < -0.3 is 0 Å². The van der Waals surface area contributed by atoms with Gasteiger partial charge in [-0.3, -0.25) is 14.5 Å². The lowest BCUT2D eigenvalue weighted by atomic mass is 10.1. The molecule has 17 heavy (non-hydrogen) atoms. The number of halogens is 2. The van der Waals surface area contributed by atoms with Gasteiger partial charge in [0, 0.05) is 16.9 Å². The Kier molecular flexibility index (Phi) is 3.54. The summed E-state index contributed by atoms with van der Waals surface area (Å²) in [5.74, 6) is 0.0666. The molecular weight excluding hydrogens is 305 g/mol. The van der Waals surface area contributed by atoms with Crippen LogP contribution < -0.4 is 0 Å². The lowest BCUT2D eigenvalue weighted by molar-refractivity contribution is 0.0637. The smallest absolute Gasteiger partial charge is 0.261 e. The third-order valence-corrected chi connectivity index (χ3v) is 3.71. The fourth-order valence-electron chi connectivity index (χ4n) is 1.79. The molecule has 1 aromatic rings. The molecule has 2 rings (SSSR count). The maximum atomic E-state index is 12.1. The van der Waals surface area contributed by atoms with E-state index in [0.717, 1.165) is 4.47 Å². The van der Waals surface area contributed by atoms with Crippen LogP contribution in [0.2, 0.25) is 0 Å². The molecule has 3 nitrogen and oxygen atoms in total. The van der Waals surface area contributed by atoms with Crippen molar-refractivity contribution >= 4 is 39.3 Å². The van der Waals surface area contributed by atoms with E-state index in [9.17, 15) is 9.59 Å². The number of amides is 2. The summed E-state index contributed by atoms with van der Waals surface area (Å²) in [4.78, 5) is 25.3. The van der Waals surface area contributed by atoms with Gasteiger partial charge in [0.1, 0.15) is 0 Å². The first-order chi connectivity index (χ1) is 8.04. The van der Waals surface area contributed by atoms with E-state index in [2.05, 4.69) is 15.9 Å². The van der Waals surface area contributed by atoms with E-state index >= 15 is 0 Å². The van der Waals surface area contributed by atoms with E-state index < -0.39 is 0 Å². The predicted octanol–water partition coefficient (Wildman–Crippen LogP) is 2.92. The normalized spacial score (nSPS) is 16.3. The Morgan fingerprint density at radius 3 is 2.59 bits per heavy atom. The van der Waals surface area contributed by atoms with Gasteiger partial charge in [0.25, 0.3) is 11.8 Å². The summed E-state index contributed by atoms with van der Waals surface area (Å²) in [6, 6.07) is 5.12. The molecule has 1 heterocycles. The third kappa shape index (κ3) is 2.24. The summed E-state index contributed by atoms with van der Waals surface area (Å²) in [6.45, 7) is 2.28. The Morgan fingerprint density at radius 1 is 1.29 bits per heavy atom. The van der Waals surface area contributed by atoms with Gasteiger partial charge in [-0.1, -0.05) is 22.9 Å². The lowest BCUT2D eigenvalue weighted by Gasteiger charge is -2.17. The van der Waals surface area contributed by atoms with Crippen LogP contribution in [0, 0.1) is 5.92 Å². The van der Waals surface area contributed by atoms with Crippen molar-refractivity contribution in [2.45, 2.75) is 6.92 Å². The highest BCUT2D eigenvalue weighted by molar-refractivity contribution is 9.10. The van der Waals surface area contributed by atoms with E-state index in [1.54, 1.807) is 18.2 Å². The van der Waals surface area contributed by atoms with Gasteiger partial charge in [-0.05, 0) is 24.1 Å². The Morgan fingerprint density at radius 2 is 1.94 bits per heavy atom. The minimum Gasteiger partial charge on any atom is -0.274 e. The number of benzene rings is 1. The molecule has 0 fully saturated rings. The summed E-state index contributed by atoms with van der Waals surface area (Å²) in [5.41, 5.74) is 0.936. The first kappa shape index (κ1) is 12.6. The topological polar surface area (TPSA) is 37.4 Å². The molecule has 0 N–H and O–H groups in total. The Balaban J connectivity index is 2.32. The fraction of sp³-hybridized carbons (Fsp3) is 0.333. The molecule has 1 aliphatic rings. The van der Waals surface area contributed by atoms with Crippen LogP contribution in [-0.4, -0.2) is 29.1 Å². The van der Waals surface area contributed by atoms with Crippen molar-refractivity contribution < 1.29 is 9.59 Å². The third-order valence-electron chi connectivity index (χ3n) is 2.69. The summed E-state index contributed by atoms with van der Waals surface area (Å²) in [5, 5.41) is 0. The first-order valence-electron chi connectivity index (χ1n) is 5.26. The van der Waals surface area contributed by atoms with Gasteiger partial charge in [0.2, 0.25) is 0 Å². The van der Waals surface area contributed by atoms with Crippen LogP contribution in [0.5, 0.6) is 0 Å². The molecule has 1 aliphatic heterocycles. The van der Waals surface area contributed by atoms with Crippen molar-refractivity contribution in [1.29, 1.82) is 0 Å². The van der Waals surface area contributed by atoms with Gasteiger partial charge in [0.15, 0.2) is 0 Å². The molecule has 0 aliphatic carbocycles. The molecule has 0 saturated heterocycles. The summed E-state index contributed by atoms with van der Waals surface area (Å²) in [7, 11) is 0. The van der Waals surface area contributed by atoms with E-state index in [1.165, 1.54) is 4.90 Å². The molecule has 5 heteroatoms. The van der Waals surface area contributed by atoms with Crippen molar-refractivity contribution in [3.63, 3.8) is 0 Å². The van der Waals surface area contributed by atoms with E-state index in [0.29, 0.717) is 23.6 Å². The molecule has 1 aromatic carbocycles. The Bertz CT molecular complexity index is 489. The highest BCUT2D eigenvalue weighted by Gasteiger charge is 2.35. The van der Waals surface area contributed by atoms with Crippen molar-refractivity contribution in [3.05, 3.63) is 33.8 Å². The fourth-order valence-corrected chi connectivity index (χ4v) is 2.25. The quantitative estimate of drug-likeness (QED) is 0.635. The molecule has 1 unspecified atom stereocenters. The molecule has 0 aromatic heterocycles. The molecule has 2 amide bonds. The standard InChI is InChI=1S/C12H11BrClNO2/c1-7(5-14)6-15-11(16)9-3-2-8(13)4-10(9)12(15)17/h2-4,7H,5-6H2,1H3. The Hall–Kier alpha value is -0.870. The highest BCUT2D eigenvalue weighted by Crippen LogP contribution is 2.26. The van der Waals surface area contributed by atoms with E-state index in [-0.39, 0.29) is 17.7 Å². The van der Waals surface area contributed by atoms with Gasteiger partial charge in [-0.15, -0.1) is 11.6 Å². The second kappa shape index (κ2) is 4.78. The zero-order valence-electron chi connectivity index (χ0n) is 9.24. The number of carbonyl (C=O) groups excluding carboxylic acids is 2. The number of carbonyl (C=O) groups is 2. The lowest BCUT2D eigenvalue weighted by Crippen LogP contribution is -2.34. The molecule has 1 atom stereocenters. The minimum absolute atomic E-state index is 0.0994. The van der Waals surface area contributed by atoms with Gasteiger partial charge in [-0.25, -0.2) is 0 Å². The minimum atomic E-state index is -0.233. The van der Waals surface area contributed by atoms with Gasteiger partial charge in [-0.2, -0.15) is 0 Å². The van der Waals surface area contributed by atoms with Crippen molar-refractivity contribution in [2.75, 3.05) is 12.4 Å². The van der Waals surface area contributed by atoms with Crippen LogP contribution in [0.1, 0.15) is 27.6 Å².